The van der Waals surface area contributed by atoms with Crippen LogP contribution in [0.4, 0.5) is 5.82 Å². The number of carbonyl (C=O) groups is 1. The van der Waals surface area contributed by atoms with Crippen molar-refractivity contribution in [1.82, 2.24) is 34.9 Å². The number of hydrogen-bond donors (Lipinski definition) is 1. The van der Waals surface area contributed by atoms with Gasteiger partial charge in [-0.25, -0.2) is 9.97 Å². The van der Waals surface area contributed by atoms with Crippen LogP contribution >= 0.6 is 0 Å². The van der Waals surface area contributed by atoms with Crippen molar-refractivity contribution in [2.45, 2.75) is 6.04 Å². The van der Waals surface area contributed by atoms with Gasteiger partial charge in [0.2, 0.25) is 5.91 Å². The van der Waals surface area contributed by atoms with Gasteiger partial charge in [-0.15, -0.1) is 0 Å². The molecule has 0 radical (unpaired) electrons. The maximum Gasteiger partial charge on any atom is 0.239 e. The van der Waals surface area contributed by atoms with E-state index in [0.717, 1.165) is 48.6 Å². The largest absolute Gasteiger partial charge is 0.353 e. The standard InChI is InChI=1S/C18H20N8O/c1-24-16-13(10-21-24)17(23-15(22-16)12-2-4-19-5-3-12)26-9-8-25-7-6-20-18(27)14(25)11-26/h2-5,10,14H,6-9,11H2,1H3,(H,20,27)/t14-/m0/s1. The molecule has 138 valence electrons. The van der Waals surface area contributed by atoms with Gasteiger partial charge in [0.05, 0.1) is 11.6 Å². The summed E-state index contributed by atoms with van der Waals surface area (Å²) < 4.78 is 1.76. The fourth-order valence-electron chi connectivity index (χ4n) is 3.85. The molecule has 9 heteroatoms. The van der Waals surface area contributed by atoms with Gasteiger partial charge in [-0.1, -0.05) is 0 Å². The summed E-state index contributed by atoms with van der Waals surface area (Å²) in [6.45, 7) is 3.90. The smallest absolute Gasteiger partial charge is 0.239 e. The average molecular weight is 364 g/mol. The number of anilines is 1. The van der Waals surface area contributed by atoms with Gasteiger partial charge >= 0.3 is 0 Å². The highest BCUT2D eigenvalue weighted by Crippen LogP contribution is 2.29. The lowest BCUT2D eigenvalue weighted by molar-refractivity contribution is -0.129. The molecule has 1 atom stereocenters. The Bertz CT molecular complexity index is 1000. The predicted octanol–water partition coefficient (Wildman–Crippen LogP) is 0.0457. The lowest BCUT2D eigenvalue weighted by Gasteiger charge is -2.43. The first kappa shape index (κ1) is 16.1. The van der Waals surface area contributed by atoms with Crippen molar-refractivity contribution in [2.75, 3.05) is 37.6 Å². The molecule has 0 aromatic carbocycles. The van der Waals surface area contributed by atoms with Crippen LogP contribution in [0.5, 0.6) is 0 Å². The SMILES string of the molecule is Cn1ncc2c(N3CCN4CCNC(=O)[C@@H]4C3)nc(-c3ccncc3)nc21. The van der Waals surface area contributed by atoms with Crippen LogP contribution in [0.3, 0.4) is 0 Å². The van der Waals surface area contributed by atoms with Crippen molar-refractivity contribution in [3.8, 4) is 11.4 Å². The van der Waals surface area contributed by atoms with E-state index < -0.39 is 0 Å². The van der Waals surface area contributed by atoms with Gasteiger partial charge in [0.1, 0.15) is 11.9 Å². The van der Waals surface area contributed by atoms with E-state index in [4.69, 9.17) is 9.97 Å². The minimum absolute atomic E-state index is 0.0943. The molecule has 2 aliphatic rings. The molecule has 27 heavy (non-hydrogen) atoms. The second kappa shape index (κ2) is 6.27. The molecule has 0 bridgehead atoms. The predicted molar refractivity (Wildman–Crippen MR) is 100 cm³/mol. The topological polar surface area (TPSA) is 92.1 Å². The number of nitrogens with zero attached hydrogens (tertiary/aromatic N) is 7. The number of pyridine rings is 1. The number of hydrogen-bond acceptors (Lipinski definition) is 7. The molecule has 0 aliphatic carbocycles. The Balaban J connectivity index is 1.59. The van der Waals surface area contributed by atoms with Crippen LogP contribution in [0, 0.1) is 0 Å². The molecule has 3 aromatic rings. The van der Waals surface area contributed by atoms with Gasteiger partial charge in [-0.05, 0) is 12.1 Å². The fraction of sp³-hybridized carbons (Fsp3) is 0.389. The monoisotopic (exact) mass is 364 g/mol. The van der Waals surface area contributed by atoms with E-state index in [0.29, 0.717) is 12.4 Å². The normalized spacial score (nSPS) is 20.6. The third kappa shape index (κ3) is 2.71. The number of fused-ring (bicyclic) bond motifs is 2. The summed E-state index contributed by atoms with van der Waals surface area (Å²) in [4.78, 5) is 30.4. The molecule has 3 aromatic heterocycles. The summed E-state index contributed by atoms with van der Waals surface area (Å²) in [5.74, 6) is 1.56. The zero-order chi connectivity index (χ0) is 18.4. The van der Waals surface area contributed by atoms with Gasteiger partial charge in [0.25, 0.3) is 0 Å². The lowest BCUT2D eigenvalue weighted by Crippen LogP contribution is -2.64. The molecule has 5 rings (SSSR count). The molecule has 0 spiro atoms. The third-order valence-corrected chi connectivity index (χ3v) is 5.30. The van der Waals surface area contributed by atoms with Crippen molar-refractivity contribution in [2.24, 2.45) is 7.05 Å². The molecule has 0 unspecified atom stereocenters. The van der Waals surface area contributed by atoms with Gasteiger partial charge in [0.15, 0.2) is 11.5 Å². The molecule has 2 saturated heterocycles. The van der Waals surface area contributed by atoms with Gasteiger partial charge in [0, 0.05) is 57.7 Å². The quantitative estimate of drug-likeness (QED) is 0.687. The highest BCUT2D eigenvalue weighted by atomic mass is 16.2. The van der Waals surface area contributed by atoms with E-state index in [2.05, 4.69) is 25.2 Å². The Labute approximate surface area is 156 Å². The summed E-state index contributed by atoms with van der Waals surface area (Å²) in [6.07, 6.45) is 5.27. The Morgan fingerprint density at radius 1 is 1.15 bits per heavy atom. The summed E-state index contributed by atoms with van der Waals surface area (Å²) in [7, 11) is 1.88. The summed E-state index contributed by atoms with van der Waals surface area (Å²) in [5.41, 5.74) is 1.69. The molecule has 1 N–H and O–H groups in total. The van der Waals surface area contributed by atoms with Crippen molar-refractivity contribution in [1.29, 1.82) is 0 Å². The zero-order valence-corrected chi connectivity index (χ0v) is 15.0. The number of aromatic nitrogens is 5. The third-order valence-electron chi connectivity index (χ3n) is 5.30. The van der Waals surface area contributed by atoms with Crippen LogP contribution in [0.15, 0.2) is 30.7 Å². The van der Waals surface area contributed by atoms with Gasteiger partial charge in [-0.3, -0.25) is 19.4 Å². The highest BCUT2D eigenvalue weighted by Gasteiger charge is 2.36. The number of aryl methyl sites for hydroxylation is 1. The van der Waals surface area contributed by atoms with Crippen molar-refractivity contribution >= 4 is 22.8 Å². The van der Waals surface area contributed by atoms with Crippen LogP contribution < -0.4 is 10.2 Å². The number of nitrogens with one attached hydrogen (secondary N) is 1. The van der Waals surface area contributed by atoms with Gasteiger partial charge in [-0.2, -0.15) is 5.10 Å². The lowest BCUT2D eigenvalue weighted by atomic mass is 10.1. The van der Waals surface area contributed by atoms with E-state index in [1.54, 1.807) is 23.3 Å². The van der Waals surface area contributed by atoms with Crippen molar-refractivity contribution in [3.05, 3.63) is 30.7 Å². The second-order valence-corrected chi connectivity index (χ2v) is 6.90. The molecular weight excluding hydrogens is 344 g/mol. The number of piperazine rings is 2. The molecule has 2 aliphatic heterocycles. The molecule has 2 fully saturated rings. The Morgan fingerprint density at radius 3 is 2.85 bits per heavy atom. The summed E-state index contributed by atoms with van der Waals surface area (Å²) in [6, 6.07) is 3.65. The summed E-state index contributed by atoms with van der Waals surface area (Å²) in [5, 5.41) is 8.24. The maximum absolute atomic E-state index is 12.3. The van der Waals surface area contributed by atoms with E-state index in [1.165, 1.54) is 0 Å². The van der Waals surface area contributed by atoms with Crippen molar-refractivity contribution in [3.63, 3.8) is 0 Å². The van der Waals surface area contributed by atoms with Crippen LogP contribution in [0.2, 0.25) is 0 Å². The van der Waals surface area contributed by atoms with Crippen LogP contribution in [-0.2, 0) is 11.8 Å². The van der Waals surface area contributed by atoms with Crippen LogP contribution in [0.1, 0.15) is 0 Å². The first-order valence-electron chi connectivity index (χ1n) is 9.07. The molecule has 1 amide bonds. The van der Waals surface area contributed by atoms with E-state index >= 15 is 0 Å². The van der Waals surface area contributed by atoms with Crippen LogP contribution in [0.25, 0.3) is 22.4 Å². The summed E-state index contributed by atoms with van der Waals surface area (Å²) >= 11 is 0. The molecule has 0 saturated carbocycles. The Morgan fingerprint density at radius 2 is 2.00 bits per heavy atom. The Hall–Kier alpha value is -3.07. The van der Waals surface area contributed by atoms with E-state index in [9.17, 15) is 4.79 Å². The van der Waals surface area contributed by atoms with Gasteiger partial charge < -0.3 is 10.2 Å². The average Bonchev–Trinajstić information content (AvgIpc) is 3.09. The molecule has 5 heterocycles. The molecular formula is C18H20N8O. The minimum Gasteiger partial charge on any atom is -0.353 e. The maximum atomic E-state index is 12.3. The van der Waals surface area contributed by atoms with E-state index in [-0.39, 0.29) is 11.9 Å². The highest BCUT2D eigenvalue weighted by molar-refractivity contribution is 5.90. The van der Waals surface area contributed by atoms with Crippen molar-refractivity contribution < 1.29 is 4.79 Å². The fourth-order valence-corrected chi connectivity index (χ4v) is 3.85. The second-order valence-electron chi connectivity index (χ2n) is 6.90. The van der Waals surface area contributed by atoms with E-state index in [1.807, 2.05) is 19.2 Å². The van der Waals surface area contributed by atoms with Crippen LogP contribution in [-0.4, -0.2) is 74.3 Å². The Kier molecular flexibility index (Phi) is 3.75. The number of amides is 1. The number of rotatable bonds is 2. The minimum atomic E-state index is -0.140. The zero-order valence-electron chi connectivity index (χ0n) is 15.0. The molecule has 9 nitrogen and oxygen atoms in total. The first-order valence-corrected chi connectivity index (χ1v) is 9.07. The number of carbonyl (C=O) groups excluding carboxylic acids is 1. The first-order chi connectivity index (χ1) is 13.2.